The summed E-state index contributed by atoms with van der Waals surface area (Å²) in [6.45, 7) is 4.37. The molecule has 3 rings (SSSR count). The summed E-state index contributed by atoms with van der Waals surface area (Å²) < 4.78 is 22.2. The number of hydrogen-bond acceptors (Lipinski definition) is 3. The summed E-state index contributed by atoms with van der Waals surface area (Å²) in [5, 5.41) is 7.33. The highest BCUT2D eigenvalue weighted by Gasteiger charge is 2.36. The van der Waals surface area contributed by atoms with Gasteiger partial charge in [0.15, 0.2) is 0 Å². The van der Waals surface area contributed by atoms with Crippen LogP contribution in [0.2, 0.25) is 0 Å². The summed E-state index contributed by atoms with van der Waals surface area (Å²) in [4.78, 5) is 11.6. The number of nitrogens with one attached hydrogen (secondary N) is 1. The maximum Gasteiger partial charge on any atom is 0.223 e. The van der Waals surface area contributed by atoms with Gasteiger partial charge in [-0.1, -0.05) is 22.9 Å². The zero-order chi connectivity index (χ0) is 16.0. The largest absolute Gasteiger partial charge is 0.489 e. The Morgan fingerprint density at radius 3 is 2.91 bits per heavy atom. The zero-order valence-corrected chi connectivity index (χ0v) is 14.1. The number of fused-ring (bicyclic) bond motifs is 1. The molecule has 0 aliphatic carbocycles. The Hall–Kier alpha value is -1.63. The number of hydrogen-bond donors (Lipinski definition) is 1. The van der Waals surface area contributed by atoms with Gasteiger partial charge in [0.1, 0.15) is 17.4 Å². The first-order valence-electron chi connectivity index (χ1n) is 7.14. The van der Waals surface area contributed by atoms with Crippen molar-refractivity contribution in [3.05, 3.63) is 22.6 Å². The Morgan fingerprint density at radius 1 is 1.55 bits per heavy atom. The Bertz CT molecular complexity index is 746. The van der Waals surface area contributed by atoms with Crippen LogP contribution < -0.4 is 10.1 Å². The van der Waals surface area contributed by atoms with Gasteiger partial charge in [-0.25, -0.2) is 4.68 Å². The Kier molecular flexibility index (Phi) is 3.84. The first-order valence-corrected chi connectivity index (χ1v) is 7.94. The molecule has 1 amide bonds. The van der Waals surface area contributed by atoms with Crippen LogP contribution in [0.15, 0.2) is 16.6 Å². The molecule has 1 N–H and O–H groups in total. The van der Waals surface area contributed by atoms with Crippen molar-refractivity contribution in [2.45, 2.75) is 20.0 Å². The van der Waals surface area contributed by atoms with Crippen molar-refractivity contribution < 1.29 is 13.9 Å². The van der Waals surface area contributed by atoms with E-state index in [9.17, 15) is 9.18 Å². The summed E-state index contributed by atoms with van der Waals surface area (Å²) in [5.41, 5.74) is 0.533. The van der Waals surface area contributed by atoms with E-state index in [1.54, 1.807) is 19.2 Å². The van der Waals surface area contributed by atoms with Gasteiger partial charge in [0.05, 0.1) is 5.39 Å². The number of nitrogens with zero attached hydrogens (tertiary/aromatic N) is 2. The average molecular weight is 370 g/mol. The lowest BCUT2D eigenvalue weighted by molar-refractivity contribution is -0.122. The maximum absolute atomic E-state index is 14.3. The van der Waals surface area contributed by atoms with Crippen molar-refractivity contribution in [3.8, 4) is 5.75 Å². The van der Waals surface area contributed by atoms with Gasteiger partial charge in [-0.15, -0.1) is 0 Å². The second kappa shape index (κ2) is 5.53. The molecule has 22 heavy (non-hydrogen) atoms. The van der Waals surface area contributed by atoms with Crippen molar-refractivity contribution in [3.63, 3.8) is 0 Å². The normalized spacial score (nSPS) is 22.9. The van der Waals surface area contributed by atoms with Gasteiger partial charge >= 0.3 is 0 Å². The Balaban J connectivity index is 1.95. The molecule has 0 saturated carbocycles. The second-order valence-corrected chi connectivity index (χ2v) is 6.65. The van der Waals surface area contributed by atoms with Crippen molar-refractivity contribution >= 4 is 32.7 Å². The van der Waals surface area contributed by atoms with E-state index in [1.165, 1.54) is 4.68 Å². The Labute approximate surface area is 135 Å². The van der Waals surface area contributed by atoms with Crippen LogP contribution in [0.3, 0.4) is 0 Å². The maximum atomic E-state index is 14.3. The van der Waals surface area contributed by atoms with Crippen LogP contribution in [0, 0.1) is 17.8 Å². The molecular weight excluding hydrogens is 353 g/mol. The zero-order valence-electron chi connectivity index (χ0n) is 12.6. The lowest BCUT2D eigenvalue weighted by Gasteiger charge is -2.23. The number of carbonyl (C=O) groups is 1. The van der Waals surface area contributed by atoms with Gasteiger partial charge in [-0.05, 0) is 19.1 Å². The van der Waals surface area contributed by atoms with Gasteiger partial charge in [0.25, 0.3) is 0 Å². The molecule has 0 unspecified atom stereocenters. The van der Waals surface area contributed by atoms with Gasteiger partial charge in [0, 0.05) is 29.9 Å². The highest BCUT2D eigenvalue weighted by Crippen LogP contribution is 2.34. The Morgan fingerprint density at radius 2 is 2.27 bits per heavy atom. The number of benzene rings is 1. The first kappa shape index (κ1) is 15.3. The van der Waals surface area contributed by atoms with Crippen LogP contribution >= 0.6 is 15.9 Å². The van der Waals surface area contributed by atoms with Crippen LogP contribution in [-0.2, 0) is 11.8 Å². The number of aryl methyl sites for hydroxylation is 1. The fourth-order valence-electron chi connectivity index (χ4n) is 2.93. The van der Waals surface area contributed by atoms with E-state index in [0.717, 1.165) is 4.47 Å². The number of carbonyl (C=O) groups excluding carboxylic acids is 1. The molecule has 1 fully saturated rings. The highest BCUT2D eigenvalue weighted by molar-refractivity contribution is 9.10. The number of halogens is 2. The highest BCUT2D eigenvalue weighted by atomic mass is 79.9. The van der Waals surface area contributed by atoms with Crippen molar-refractivity contribution in [2.24, 2.45) is 18.9 Å². The van der Waals surface area contributed by atoms with E-state index in [2.05, 4.69) is 26.3 Å². The van der Waals surface area contributed by atoms with Gasteiger partial charge in [-0.2, -0.15) is 9.49 Å². The van der Waals surface area contributed by atoms with Crippen LogP contribution in [0.1, 0.15) is 13.8 Å². The monoisotopic (exact) mass is 369 g/mol. The molecule has 7 heteroatoms. The molecule has 2 aromatic rings. The molecule has 1 aliphatic heterocycles. The summed E-state index contributed by atoms with van der Waals surface area (Å²) >= 11 is 3.39. The molecular formula is C15H17BrFN3O2. The third-order valence-corrected chi connectivity index (χ3v) is 4.74. The second-order valence-electron chi connectivity index (χ2n) is 5.73. The van der Waals surface area contributed by atoms with Gasteiger partial charge in [0.2, 0.25) is 11.9 Å². The van der Waals surface area contributed by atoms with Gasteiger partial charge < -0.3 is 10.1 Å². The summed E-state index contributed by atoms with van der Waals surface area (Å²) in [6.07, 6.45) is -0.217. The lowest BCUT2D eigenvalue weighted by atomic mass is 9.92. The minimum atomic E-state index is -0.432. The minimum Gasteiger partial charge on any atom is -0.489 e. The van der Waals surface area contributed by atoms with E-state index >= 15 is 0 Å². The summed E-state index contributed by atoms with van der Waals surface area (Å²) in [7, 11) is 1.55. The number of amides is 1. The minimum absolute atomic E-state index is 0.0346. The molecule has 1 aromatic heterocycles. The topological polar surface area (TPSA) is 56.1 Å². The van der Waals surface area contributed by atoms with E-state index in [1.807, 2.05) is 13.8 Å². The molecule has 0 bridgehead atoms. The predicted octanol–water partition coefficient (Wildman–Crippen LogP) is 2.62. The van der Waals surface area contributed by atoms with E-state index in [4.69, 9.17) is 4.74 Å². The van der Waals surface area contributed by atoms with Crippen LogP contribution in [-0.4, -0.2) is 28.3 Å². The van der Waals surface area contributed by atoms with E-state index in [0.29, 0.717) is 23.2 Å². The smallest absolute Gasteiger partial charge is 0.223 e. The molecule has 1 saturated heterocycles. The molecule has 3 atom stereocenters. The molecule has 2 heterocycles. The third kappa shape index (κ3) is 2.47. The number of aromatic nitrogens is 2. The fraction of sp³-hybridized carbons (Fsp3) is 0.467. The third-order valence-electron chi connectivity index (χ3n) is 4.28. The summed E-state index contributed by atoms with van der Waals surface area (Å²) in [6, 6.07) is 3.48. The molecule has 1 aliphatic rings. The van der Waals surface area contributed by atoms with Crippen molar-refractivity contribution in [1.29, 1.82) is 0 Å². The van der Waals surface area contributed by atoms with E-state index in [-0.39, 0.29) is 23.8 Å². The lowest BCUT2D eigenvalue weighted by Crippen LogP contribution is -2.29. The van der Waals surface area contributed by atoms with E-state index < -0.39 is 5.95 Å². The van der Waals surface area contributed by atoms with Crippen LogP contribution in [0.25, 0.3) is 10.9 Å². The molecule has 5 nitrogen and oxygen atoms in total. The van der Waals surface area contributed by atoms with Gasteiger partial charge in [-0.3, -0.25) is 4.79 Å². The number of ether oxygens (including phenoxy) is 1. The number of rotatable bonds is 3. The van der Waals surface area contributed by atoms with Crippen molar-refractivity contribution in [1.82, 2.24) is 15.1 Å². The first-order chi connectivity index (χ1) is 10.4. The quantitative estimate of drug-likeness (QED) is 0.904. The SMILES string of the molecule is C[C@@H](Oc1cc(Br)cc2nn(C)c(F)c12)[C@H]1CNC(=O)[C@@H]1C. The average Bonchev–Trinajstić information content (AvgIpc) is 2.91. The fourth-order valence-corrected chi connectivity index (χ4v) is 3.35. The van der Waals surface area contributed by atoms with Crippen LogP contribution in [0.5, 0.6) is 5.75 Å². The standard InChI is InChI=1S/C15H17BrFN3O2/c1-7-10(6-18-15(7)21)8(2)22-12-5-9(16)4-11-13(12)14(17)20(3)19-11/h4-5,7-8,10H,6H2,1-3H3,(H,18,21)/t7-,8-,10+/m1/s1. The molecule has 118 valence electrons. The molecule has 0 spiro atoms. The van der Waals surface area contributed by atoms with Crippen LogP contribution in [0.4, 0.5) is 4.39 Å². The van der Waals surface area contributed by atoms with Crippen molar-refractivity contribution in [2.75, 3.05) is 6.54 Å². The predicted molar refractivity (Wildman–Crippen MR) is 84.1 cm³/mol. The molecule has 1 aromatic carbocycles. The summed E-state index contributed by atoms with van der Waals surface area (Å²) in [5.74, 6) is -0.0163. The molecule has 0 radical (unpaired) electrons.